The first-order valence-corrected chi connectivity index (χ1v) is 6.15. The minimum absolute atomic E-state index is 0.0153. The zero-order valence-corrected chi connectivity index (χ0v) is 10.8. The fourth-order valence-electron chi connectivity index (χ4n) is 1.82. The molecule has 3 nitrogen and oxygen atoms in total. The number of nitrogens with zero attached hydrogens (tertiary/aromatic N) is 1. The first-order valence-electron chi connectivity index (χ1n) is 6.15. The normalized spacial score (nSPS) is 13.8. The van der Waals surface area contributed by atoms with Gasteiger partial charge >= 0.3 is 6.18 Å². The van der Waals surface area contributed by atoms with Crippen LogP contribution < -0.4 is 0 Å². The molecule has 1 unspecified atom stereocenters. The second-order valence-electron chi connectivity index (χ2n) is 4.47. The molecule has 1 rings (SSSR count). The molecule has 0 aliphatic carbocycles. The summed E-state index contributed by atoms with van der Waals surface area (Å²) in [5.74, 6) is -0.445. The van der Waals surface area contributed by atoms with Crippen molar-refractivity contribution in [2.45, 2.75) is 18.7 Å². The van der Waals surface area contributed by atoms with E-state index in [4.69, 9.17) is 5.11 Å². The summed E-state index contributed by atoms with van der Waals surface area (Å²) in [4.78, 5) is 1.02. The molecule has 7 heteroatoms. The van der Waals surface area contributed by atoms with Gasteiger partial charge in [0.05, 0.1) is 19.3 Å². The van der Waals surface area contributed by atoms with Gasteiger partial charge in [0, 0.05) is 13.1 Å². The molecule has 0 aliphatic heterocycles. The van der Waals surface area contributed by atoms with Crippen molar-refractivity contribution in [3.05, 3.63) is 35.6 Å². The lowest BCUT2D eigenvalue weighted by atomic mass is 10.1. The molecule has 0 aromatic heterocycles. The molecular weight excluding hydrogens is 278 g/mol. The van der Waals surface area contributed by atoms with Crippen LogP contribution >= 0.6 is 0 Å². The highest BCUT2D eigenvalue weighted by Crippen LogP contribution is 2.20. The minimum Gasteiger partial charge on any atom is -0.395 e. The Labute approximate surface area is 114 Å². The van der Waals surface area contributed by atoms with Gasteiger partial charge in [-0.1, -0.05) is 12.1 Å². The fourth-order valence-corrected chi connectivity index (χ4v) is 1.82. The summed E-state index contributed by atoms with van der Waals surface area (Å²) in [6, 6.07) is 5.14. The van der Waals surface area contributed by atoms with E-state index in [1.165, 1.54) is 24.3 Å². The van der Waals surface area contributed by atoms with Crippen LogP contribution in [0.1, 0.15) is 18.1 Å². The van der Waals surface area contributed by atoms with E-state index in [9.17, 15) is 22.7 Å². The van der Waals surface area contributed by atoms with Crippen LogP contribution in [0, 0.1) is 5.82 Å². The maximum atomic E-state index is 12.7. The summed E-state index contributed by atoms with van der Waals surface area (Å²) in [5, 5.41) is 18.6. The molecule has 20 heavy (non-hydrogen) atoms. The Kier molecular flexibility index (Phi) is 6.38. The van der Waals surface area contributed by atoms with Gasteiger partial charge in [0.15, 0.2) is 0 Å². The fraction of sp³-hybridized carbons (Fsp3) is 0.538. The van der Waals surface area contributed by atoms with Gasteiger partial charge in [0.25, 0.3) is 0 Å². The van der Waals surface area contributed by atoms with E-state index >= 15 is 0 Å². The Morgan fingerprint density at radius 3 is 2.20 bits per heavy atom. The topological polar surface area (TPSA) is 43.7 Å². The van der Waals surface area contributed by atoms with Crippen molar-refractivity contribution in [1.29, 1.82) is 0 Å². The standard InChI is InChI=1S/C13H17F4NO2/c14-11-3-1-10(2-4-11)12(20)5-6-18(7-8-19)9-13(15,16)17/h1-4,12,19-20H,5-9H2. The van der Waals surface area contributed by atoms with Gasteiger partial charge in [0.1, 0.15) is 5.82 Å². The Hall–Kier alpha value is -1.18. The molecule has 0 saturated heterocycles. The molecule has 2 N–H and O–H groups in total. The Bertz CT molecular complexity index is 394. The van der Waals surface area contributed by atoms with Crippen LogP contribution in [0.3, 0.4) is 0 Å². The molecule has 1 aromatic rings. The summed E-state index contributed by atoms with van der Waals surface area (Å²) in [6.45, 7) is -1.65. The minimum atomic E-state index is -4.35. The average Bonchev–Trinajstić information content (AvgIpc) is 2.35. The Balaban J connectivity index is 2.51. The summed E-state index contributed by atoms with van der Waals surface area (Å²) in [7, 11) is 0. The first-order chi connectivity index (χ1) is 9.31. The molecule has 0 fully saturated rings. The van der Waals surface area contributed by atoms with E-state index < -0.39 is 24.6 Å². The van der Waals surface area contributed by atoms with Crippen LogP contribution in [-0.4, -0.2) is 47.5 Å². The van der Waals surface area contributed by atoms with Crippen molar-refractivity contribution in [1.82, 2.24) is 4.90 Å². The van der Waals surface area contributed by atoms with Crippen molar-refractivity contribution in [3.8, 4) is 0 Å². The monoisotopic (exact) mass is 295 g/mol. The Morgan fingerprint density at radius 2 is 1.70 bits per heavy atom. The van der Waals surface area contributed by atoms with Crippen molar-refractivity contribution < 1.29 is 27.8 Å². The lowest BCUT2D eigenvalue weighted by Crippen LogP contribution is -2.37. The average molecular weight is 295 g/mol. The van der Waals surface area contributed by atoms with E-state index in [1.54, 1.807) is 0 Å². The first kappa shape index (κ1) is 16.9. The van der Waals surface area contributed by atoms with Gasteiger partial charge < -0.3 is 10.2 Å². The van der Waals surface area contributed by atoms with E-state index in [2.05, 4.69) is 0 Å². The maximum Gasteiger partial charge on any atom is 0.401 e. The van der Waals surface area contributed by atoms with Crippen LogP contribution in [0.4, 0.5) is 17.6 Å². The summed E-state index contributed by atoms with van der Waals surface area (Å²) in [6.07, 6.45) is -5.25. The second-order valence-corrected chi connectivity index (χ2v) is 4.47. The van der Waals surface area contributed by atoms with Crippen molar-refractivity contribution in [2.75, 3.05) is 26.2 Å². The summed E-state index contributed by atoms with van der Waals surface area (Å²) >= 11 is 0. The molecule has 0 saturated carbocycles. The number of aliphatic hydroxyl groups is 2. The number of rotatable bonds is 7. The number of benzene rings is 1. The molecule has 114 valence electrons. The van der Waals surface area contributed by atoms with Gasteiger partial charge in [-0.3, -0.25) is 4.90 Å². The summed E-state index contributed by atoms with van der Waals surface area (Å²) < 4.78 is 49.6. The molecule has 0 bridgehead atoms. The highest BCUT2D eigenvalue weighted by atomic mass is 19.4. The molecule has 0 spiro atoms. The highest BCUT2D eigenvalue weighted by molar-refractivity contribution is 5.18. The van der Waals surface area contributed by atoms with Gasteiger partial charge in [-0.2, -0.15) is 13.2 Å². The molecule has 0 aliphatic rings. The van der Waals surface area contributed by atoms with Gasteiger partial charge in [-0.15, -0.1) is 0 Å². The third kappa shape index (κ3) is 6.31. The third-order valence-electron chi connectivity index (χ3n) is 2.79. The van der Waals surface area contributed by atoms with Gasteiger partial charge in [0.2, 0.25) is 0 Å². The van der Waals surface area contributed by atoms with Crippen LogP contribution in [0.2, 0.25) is 0 Å². The third-order valence-corrected chi connectivity index (χ3v) is 2.79. The molecule has 0 heterocycles. The smallest absolute Gasteiger partial charge is 0.395 e. The van der Waals surface area contributed by atoms with Gasteiger partial charge in [-0.05, 0) is 24.1 Å². The van der Waals surface area contributed by atoms with E-state index in [1.807, 2.05) is 0 Å². The number of alkyl halides is 3. The van der Waals surface area contributed by atoms with E-state index in [0.29, 0.717) is 5.56 Å². The quantitative estimate of drug-likeness (QED) is 0.757. The number of halogens is 4. The lowest BCUT2D eigenvalue weighted by molar-refractivity contribution is -0.147. The Morgan fingerprint density at radius 1 is 1.10 bits per heavy atom. The zero-order chi connectivity index (χ0) is 15.2. The van der Waals surface area contributed by atoms with E-state index in [-0.39, 0.29) is 26.1 Å². The van der Waals surface area contributed by atoms with Gasteiger partial charge in [-0.25, -0.2) is 4.39 Å². The lowest BCUT2D eigenvalue weighted by Gasteiger charge is -2.24. The van der Waals surface area contributed by atoms with Crippen LogP contribution in [0.15, 0.2) is 24.3 Å². The number of hydrogen-bond acceptors (Lipinski definition) is 3. The second kappa shape index (κ2) is 7.56. The molecule has 1 aromatic carbocycles. The van der Waals surface area contributed by atoms with Crippen LogP contribution in [-0.2, 0) is 0 Å². The van der Waals surface area contributed by atoms with E-state index in [0.717, 1.165) is 4.90 Å². The molecule has 1 atom stereocenters. The summed E-state index contributed by atoms with van der Waals surface area (Å²) in [5.41, 5.74) is 0.447. The van der Waals surface area contributed by atoms with Crippen LogP contribution in [0.25, 0.3) is 0 Å². The van der Waals surface area contributed by atoms with Crippen LogP contribution in [0.5, 0.6) is 0 Å². The number of hydrogen-bond donors (Lipinski definition) is 2. The highest BCUT2D eigenvalue weighted by Gasteiger charge is 2.30. The van der Waals surface area contributed by atoms with Crippen molar-refractivity contribution in [3.63, 3.8) is 0 Å². The predicted octanol–water partition coefficient (Wildman–Crippen LogP) is 2.11. The molecular formula is C13H17F4NO2. The molecule has 0 amide bonds. The largest absolute Gasteiger partial charge is 0.401 e. The van der Waals surface area contributed by atoms with Crippen molar-refractivity contribution in [2.24, 2.45) is 0 Å². The SMILES string of the molecule is OCCN(CCC(O)c1ccc(F)cc1)CC(F)(F)F. The number of aliphatic hydroxyl groups excluding tert-OH is 2. The van der Waals surface area contributed by atoms with Crippen molar-refractivity contribution >= 4 is 0 Å². The molecule has 0 radical (unpaired) electrons. The maximum absolute atomic E-state index is 12.7. The predicted molar refractivity (Wildman–Crippen MR) is 65.6 cm³/mol. The zero-order valence-electron chi connectivity index (χ0n) is 10.8.